The summed E-state index contributed by atoms with van der Waals surface area (Å²) in [5.74, 6) is 2.56. The van der Waals surface area contributed by atoms with E-state index in [9.17, 15) is 0 Å². The van der Waals surface area contributed by atoms with Gasteiger partial charge in [-0.3, -0.25) is 0 Å². The Morgan fingerprint density at radius 1 is 1.12 bits per heavy atom. The molecule has 1 fully saturated rings. The molecule has 0 spiro atoms. The first kappa shape index (κ1) is 14.0. The van der Waals surface area contributed by atoms with Crippen LogP contribution in [0.2, 0.25) is 0 Å². The van der Waals surface area contributed by atoms with Gasteiger partial charge in [0.25, 0.3) is 0 Å². The Bertz CT molecular complexity index is 185. The summed E-state index contributed by atoms with van der Waals surface area (Å²) in [6.45, 7) is 10.4. The van der Waals surface area contributed by atoms with Gasteiger partial charge in [-0.05, 0) is 44.7 Å². The maximum absolute atomic E-state index is 3.73. The lowest BCUT2D eigenvalue weighted by atomic mass is 9.73. The number of nitrogens with one attached hydrogen (secondary N) is 1. The highest BCUT2D eigenvalue weighted by Crippen LogP contribution is 2.33. The van der Waals surface area contributed by atoms with E-state index in [4.69, 9.17) is 0 Å². The van der Waals surface area contributed by atoms with Gasteiger partial charge in [0.1, 0.15) is 0 Å². The van der Waals surface area contributed by atoms with Crippen molar-refractivity contribution in [3.8, 4) is 0 Å². The number of hydrogen-bond acceptors (Lipinski definition) is 2. The lowest BCUT2D eigenvalue weighted by molar-refractivity contribution is 0.147. The molecule has 1 aliphatic rings. The topological polar surface area (TPSA) is 15.3 Å². The van der Waals surface area contributed by atoms with E-state index in [-0.39, 0.29) is 0 Å². The number of hydrogen-bond donors (Lipinski definition) is 1. The van der Waals surface area contributed by atoms with Crippen molar-refractivity contribution in [3.05, 3.63) is 0 Å². The van der Waals surface area contributed by atoms with E-state index in [1.165, 1.54) is 12.8 Å². The monoisotopic (exact) mass is 226 g/mol. The molecule has 1 rings (SSSR count). The molecule has 1 aliphatic carbocycles. The predicted molar refractivity (Wildman–Crippen MR) is 71.7 cm³/mol. The van der Waals surface area contributed by atoms with E-state index in [1.54, 1.807) is 0 Å². The molecule has 1 saturated carbocycles. The molecule has 0 radical (unpaired) electrons. The molecule has 0 bridgehead atoms. The summed E-state index contributed by atoms with van der Waals surface area (Å²) in [4.78, 5) is 2.34. The van der Waals surface area contributed by atoms with Gasteiger partial charge in [0, 0.05) is 18.6 Å². The summed E-state index contributed by atoms with van der Waals surface area (Å²) < 4.78 is 0. The Morgan fingerprint density at radius 2 is 1.69 bits per heavy atom. The minimum absolute atomic E-state index is 0.665. The van der Waals surface area contributed by atoms with Crippen LogP contribution in [0.4, 0.5) is 0 Å². The summed E-state index contributed by atoms with van der Waals surface area (Å²) in [5.41, 5.74) is 0. The average molecular weight is 226 g/mol. The van der Waals surface area contributed by atoms with Crippen LogP contribution in [0.1, 0.15) is 40.5 Å². The highest BCUT2D eigenvalue weighted by atomic mass is 15.1. The average Bonchev–Trinajstić information content (AvgIpc) is 2.06. The van der Waals surface area contributed by atoms with Crippen LogP contribution in [0.25, 0.3) is 0 Å². The lowest BCUT2D eigenvalue weighted by Gasteiger charge is -2.40. The van der Waals surface area contributed by atoms with Crippen molar-refractivity contribution >= 4 is 0 Å². The molecule has 0 aliphatic heterocycles. The second kappa shape index (κ2) is 6.02. The van der Waals surface area contributed by atoms with E-state index < -0.39 is 0 Å². The minimum Gasteiger partial charge on any atom is -0.312 e. The first-order valence-electron chi connectivity index (χ1n) is 6.81. The van der Waals surface area contributed by atoms with Gasteiger partial charge in [0.2, 0.25) is 0 Å². The molecule has 0 saturated heterocycles. The number of nitrogens with zero attached hydrogens (tertiary/aromatic N) is 1. The molecule has 96 valence electrons. The van der Waals surface area contributed by atoms with E-state index in [0.29, 0.717) is 6.04 Å². The molecule has 2 nitrogen and oxygen atoms in total. The molecular weight excluding hydrogens is 196 g/mol. The fourth-order valence-corrected chi connectivity index (χ4v) is 2.67. The Kier molecular flexibility index (Phi) is 5.26. The Hall–Kier alpha value is -0.0800. The molecule has 1 unspecified atom stereocenters. The van der Waals surface area contributed by atoms with Gasteiger partial charge in [0.05, 0.1) is 0 Å². The standard InChI is InChI=1S/C14H30N2/c1-10(2)12-7-13(8-12)15-9-14(11(3)4)16(5)6/h10-15H,7-9H2,1-6H3. The molecule has 1 N–H and O–H groups in total. The van der Waals surface area contributed by atoms with E-state index in [0.717, 1.165) is 30.3 Å². The molecule has 0 heterocycles. The lowest BCUT2D eigenvalue weighted by Crippen LogP contribution is -2.49. The first-order chi connectivity index (χ1) is 7.41. The summed E-state index contributed by atoms with van der Waals surface area (Å²) in [6, 6.07) is 1.45. The van der Waals surface area contributed by atoms with Crippen molar-refractivity contribution in [2.75, 3.05) is 20.6 Å². The second-order valence-electron chi connectivity index (χ2n) is 6.36. The fraction of sp³-hybridized carbons (Fsp3) is 1.00. The normalized spacial score (nSPS) is 27.6. The van der Waals surface area contributed by atoms with Gasteiger partial charge >= 0.3 is 0 Å². The van der Waals surface area contributed by atoms with Gasteiger partial charge in [0.15, 0.2) is 0 Å². The van der Waals surface area contributed by atoms with Crippen molar-refractivity contribution in [2.24, 2.45) is 17.8 Å². The van der Waals surface area contributed by atoms with Crippen LogP contribution in [0.15, 0.2) is 0 Å². The largest absolute Gasteiger partial charge is 0.312 e. The molecule has 16 heavy (non-hydrogen) atoms. The van der Waals surface area contributed by atoms with Gasteiger partial charge in [-0.2, -0.15) is 0 Å². The quantitative estimate of drug-likeness (QED) is 0.749. The zero-order chi connectivity index (χ0) is 12.3. The van der Waals surface area contributed by atoms with Crippen molar-refractivity contribution < 1.29 is 0 Å². The van der Waals surface area contributed by atoms with Gasteiger partial charge in [-0.25, -0.2) is 0 Å². The van der Waals surface area contributed by atoms with Crippen LogP contribution in [0, 0.1) is 17.8 Å². The van der Waals surface area contributed by atoms with Crippen LogP contribution >= 0.6 is 0 Å². The molecule has 2 heteroatoms. The SMILES string of the molecule is CC(C)C1CC(NCC(C(C)C)N(C)C)C1. The highest BCUT2D eigenvalue weighted by Gasteiger charge is 2.31. The van der Waals surface area contributed by atoms with Crippen LogP contribution < -0.4 is 5.32 Å². The summed E-state index contributed by atoms with van der Waals surface area (Å²) in [5, 5.41) is 3.73. The van der Waals surface area contributed by atoms with Crippen LogP contribution in [-0.2, 0) is 0 Å². The minimum atomic E-state index is 0.665. The van der Waals surface area contributed by atoms with E-state index in [2.05, 4.69) is 52.0 Å². The third kappa shape index (κ3) is 3.74. The van der Waals surface area contributed by atoms with Gasteiger partial charge in [-0.15, -0.1) is 0 Å². The smallest absolute Gasteiger partial charge is 0.0237 e. The van der Waals surface area contributed by atoms with Crippen molar-refractivity contribution in [1.82, 2.24) is 10.2 Å². The predicted octanol–water partition coefficient (Wildman–Crippen LogP) is 2.60. The Labute approximate surface area is 102 Å². The molecule has 0 amide bonds. The third-order valence-electron chi connectivity index (χ3n) is 4.17. The van der Waals surface area contributed by atoms with Crippen LogP contribution in [0.5, 0.6) is 0 Å². The Morgan fingerprint density at radius 3 is 2.06 bits per heavy atom. The highest BCUT2D eigenvalue weighted by molar-refractivity contribution is 4.88. The molecule has 0 aromatic rings. The van der Waals surface area contributed by atoms with E-state index in [1.807, 2.05) is 0 Å². The zero-order valence-corrected chi connectivity index (χ0v) is 12.0. The van der Waals surface area contributed by atoms with Crippen molar-refractivity contribution in [3.63, 3.8) is 0 Å². The second-order valence-corrected chi connectivity index (χ2v) is 6.36. The van der Waals surface area contributed by atoms with E-state index >= 15 is 0 Å². The number of likely N-dealkylation sites (N-methyl/N-ethyl adjacent to an activating group) is 1. The molecular formula is C14H30N2. The molecule has 1 atom stereocenters. The maximum atomic E-state index is 3.73. The first-order valence-corrected chi connectivity index (χ1v) is 6.81. The van der Waals surface area contributed by atoms with Crippen molar-refractivity contribution in [1.29, 1.82) is 0 Å². The Balaban J connectivity index is 2.20. The third-order valence-corrected chi connectivity index (χ3v) is 4.17. The fourth-order valence-electron chi connectivity index (χ4n) is 2.67. The van der Waals surface area contributed by atoms with Gasteiger partial charge < -0.3 is 10.2 Å². The zero-order valence-electron chi connectivity index (χ0n) is 12.0. The summed E-state index contributed by atoms with van der Waals surface area (Å²) in [7, 11) is 4.37. The maximum Gasteiger partial charge on any atom is 0.0237 e. The van der Waals surface area contributed by atoms with Crippen LogP contribution in [-0.4, -0.2) is 37.6 Å². The van der Waals surface area contributed by atoms with Crippen molar-refractivity contribution in [2.45, 2.75) is 52.6 Å². The summed E-state index contributed by atoms with van der Waals surface area (Å²) >= 11 is 0. The summed E-state index contributed by atoms with van der Waals surface area (Å²) in [6.07, 6.45) is 2.77. The van der Waals surface area contributed by atoms with Gasteiger partial charge in [-0.1, -0.05) is 27.7 Å². The number of rotatable bonds is 6. The molecule has 0 aromatic heterocycles. The van der Waals surface area contributed by atoms with Crippen LogP contribution in [0.3, 0.4) is 0 Å². The molecule has 0 aromatic carbocycles.